The normalized spacial score (nSPS) is 21.6. The largest absolute Gasteiger partial charge is 0.467 e. The van der Waals surface area contributed by atoms with E-state index < -0.39 is 17.6 Å². The van der Waals surface area contributed by atoms with Gasteiger partial charge in [0.2, 0.25) is 0 Å². The fourth-order valence-electron chi connectivity index (χ4n) is 4.03. The van der Waals surface area contributed by atoms with E-state index in [1.807, 2.05) is 43.3 Å². The summed E-state index contributed by atoms with van der Waals surface area (Å²) in [6.45, 7) is 2.32. The lowest BCUT2D eigenvalue weighted by molar-refractivity contribution is -0.152. The quantitative estimate of drug-likeness (QED) is 0.773. The summed E-state index contributed by atoms with van der Waals surface area (Å²) >= 11 is 0. The van der Waals surface area contributed by atoms with E-state index >= 15 is 0 Å². The third kappa shape index (κ3) is 3.53. The van der Waals surface area contributed by atoms with Crippen molar-refractivity contribution in [2.45, 2.75) is 31.4 Å². The minimum absolute atomic E-state index is 0.0769. The highest BCUT2D eigenvalue weighted by Gasteiger charge is 2.53. The number of carbonyl (C=O) groups excluding carboxylic acids is 2. The van der Waals surface area contributed by atoms with E-state index in [2.05, 4.69) is 0 Å². The Bertz CT molecular complexity index is 865. The molecule has 3 N–H and O–H groups in total. The third-order valence-corrected chi connectivity index (χ3v) is 5.44. The number of aliphatic hydroxyl groups is 1. The Morgan fingerprint density at radius 3 is 2.50 bits per heavy atom. The Morgan fingerprint density at radius 1 is 1.21 bits per heavy atom. The van der Waals surface area contributed by atoms with Gasteiger partial charge in [-0.1, -0.05) is 36.4 Å². The zero-order valence-electron chi connectivity index (χ0n) is 16.2. The molecule has 1 fully saturated rings. The van der Waals surface area contributed by atoms with Crippen LogP contribution in [0.15, 0.2) is 48.5 Å². The number of carbonyl (C=O) groups is 2. The first-order chi connectivity index (χ1) is 13.4. The van der Waals surface area contributed by atoms with E-state index in [9.17, 15) is 14.7 Å². The SMILES string of the molecule is COC(=O)[C@]1(CCN)C[C@@H](O)CN1C(=O)c1ccc(-c2ccccc2C)cc1. The van der Waals surface area contributed by atoms with Crippen LogP contribution in [0, 0.1) is 6.92 Å². The molecule has 1 amide bonds. The molecule has 0 aliphatic carbocycles. The number of ether oxygens (including phenoxy) is 1. The van der Waals surface area contributed by atoms with Crippen LogP contribution in [0.4, 0.5) is 0 Å². The number of hydrogen-bond donors (Lipinski definition) is 2. The van der Waals surface area contributed by atoms with E-state index in [4.69, 9.17) is 10.5 Å². The van der Waals surface area contributed by atoms with E-state index in [0.29, 0.717) is 5.56 Å². The van der Waals surface area contributed by atoms with Crippen LogP contribution >= 0.6 is 0 Å². The van der Waals surface area contributed by atoms with Gasteiger partial charge in [0.15, 0.2) is 0 Å². The maximum Gasteiger partial charge on any atom is 0.331 e. The predicted octanol–water partition coefficient (Wildman–Crippen LogP) is 2.13. The van der Waals surface area contributed by atoms with Crippen molar-refractivity contribution in [3.8, 4) is 11.1 Å². The lowest BCUT2D eigenvalue weighted by Crippen LogP contribution is -2.54. The van der Waals surface area contributed by atoms with Crippen molar-refractivity contribution in [3.05, 3.63) is 59.7 Å². The first-order valence-corrected chi connectivity index (χ1v) is 9.37. The second kappa shape index (κ2) is 8.12. The summed E-state index contributed by atoms with van der Waals surface area (Å²) in [4.78, 5) is 27.1. The second-order valence-electron chi connectivity index (χ2n) is 7.23. The van der Waals surface area contributed by atoms with Crippen molar-refractivity contribution in [2.24, 2.45) is 5.73 Å². The van der Waals surface area contributed by atoms with Gasteiger partial charge in [0.1, 0.15) is 5.54 Å². The van der Waals surface area contributed by atoms with Gasteiger partial charge in [-0.15, -0.1) is 0 Å². The number of β-amino-alcohol motifs (C(OH)–C–C–N with tert-alkyl or cyclic N) is 1. The summed E-state index contributed by atoms with van der Waals surface area (Å²) in [6, 6.07) is 15.3. The van der Waals surface area contributed by atoms with Crippen molar-refractivity contribution >= 4 is 11.9 Å². The number of esters is 1. The topological polar surface area (TPSA) is 92.9 Å². The van der Waals surface area contributed by atoms with Crippen LogP contribution in [0.2, 0.25) is 0 Å². The predicted molar refractivity (Wildman–Crippen MR) is 107 cm³/mol. The van der Waals surface area contributed by atoms with Crippen LogP contribution in [0.25, 0.3) is 11.1 Å². The fraction of sp³-hybridized carbons (Fsp3) is 0.364. The molecule has 1 aliphatic heterocycles. The lowest BCUT2D eigenvalue weighted by atomic mass is 9.90. The Balaban J connectivity index is 1.92. The van der Waals surface area contributed by atoms with Gasteiger partial charge in [-0.2, -0.15) is 0 Å². The summed E-state index contributed by atoms with van der Waals surface area (Å²) in [6.07, 6.45) is -0.422. The molecule has 28 heavy (non-hydrogen) atoms. The van der Waals surface area contributed by atoms with Gasteiger partial charge < -0.3 is 20.5 Å². The van der Waals surface area contributed by atoms with E-state index in [-0.39, 0.29) is 31.8 Å². The number of hydrogen-bond acceptors (Lipinski definition) is 5. The number of methoxy groups -OCH3 is 1. The Hall–Kier alpha value is -2.70. The molecule has 2 atom stereocenters. The fourth-order valence-corrected chi connectivity index (χ4v) is 4.03. The monoisotopic (exact) mass is 382 g/mol. The number of likely N-dealkylation sites (tertiary alicyclic amines) is 1. The number of rotatable bonds is 5. The third-order valence-electron chi connectivity index (χ3n) is 5.44. The molecule has 0 aromatic heterocycles. The molecule has 6 heteroatoms. The van der Waals surface area contributed by atoms with Crippen LogP contribution in [-0.4, -0.2) is 53.7 Å². The van der Waals surface area contributed by atoms with Gasteiger partial charge >= 0.3 is 5.97 Å². The van der Waals surface area contributed by atoms with Crippen molar-refractivity contribution in [1.29, 1.82) is 0 Å². The van der Waals surface area contributed by atoms with Crippen LogP contribution < -0.4 is 5.73 Å². The van der Waals surface area contributed by atoms with Gasteiger partial charge in [0.05, 0.1) is 13.2 Å². The Labute approximate surface area is 164 Å². The molecule has 2 aromatic carbocycles. The van der Waals surface area contributed by atoms with Gasteiger partial charge in [-0.3, -0.25) is 4.79 Å². The smallest absolute Gasteiger partial charge is 0.331 e. The lowest BCUT2D eigenvalue weighted by Gasteiger charge is -2.35. The molecule has 0 spiro atoms. The number of nitrogens with two attached hydrogens (primary N) is 1. The average molecular weight is 382 g/mol. The molecular weight excluding hydrogens is 356 g/mol. The minimum atomic E-state index is -1.23. The minimum Gasteiger partial charge on any atom is -0.467 e. The molecule has 0 radical (unpaired) electrons. The number of aliphatic hydroxyl groups excluding tert-OH is 1. The maximum atomic E-state index is 13.2. The van der Waals surface area contributed by atoms with Crippen molar-refractivity contribution < 1.29 is 19.4 Å². The molecule has 0 saturated carbocycles. The molecular formula is C22H26N2O4. The second-order valence-corrected chi connectivity index (χ2v) is 7.23. The molecule has 0 unspecified atom stereocenters. The number of benzene rings is 2. The molecule has 2 aromatic rings. The average Bonchev–Trinajstić information content (AvgIpc) is 3.04. The van der Waals surface area contributed by atoms with E-state index in [1.54, 1.807) is 12.1 Å². The standard InChI is InChI=1S/C22H26N2O4/c1-15-5-3-4-6-19(15)16-7-9-17(10-8-16)20(26)24-14-18(25)13-22(24,11-12-23)21(27)28-2/h3-10,18,25H,11-14,23H2,1-2H3/t18-,22+/m1/s1. The molecule has 0 bridgehead atoms. The van der Waals surface area contributed by atoms with Crippen molar-refractivity contribution in [3.63, 3.8) is 0 Å². The van der Waals surface area contributed by atoms with Crippen LogP contribution in [0.3, 0.4) is 0 Å². The number of aryl methyl sites for hydroxylation is 1. The summed E-state index contributed by atoms with van der Waals surface area (Å²) < 4.78 is 4.95. The van der Waals surface area contributed by atoms with E-state index in [1.165, 1.54) is 12.0 Å². The van der Waals surface area contributed by atoms with Crippen LogP contribution in [0.1, 0.15) is 28.8 Å². The number of nitrogens with zero attached hydrogens (tertiary/aromatic N) is 1. The van der Waals surface area contributed by atoms with Crippen LogP contribution in [0.5, 0.6) is 0 Å². The Morgan fingerprint density at radius 2 is 1.89 bits per heavy atom. The van der Waals surface area contributed by atoms with Gasteiger partial charge in [0.25, 0.3) is 5.91 Å². The van der Waals surface area contributed by atoms with Gasteiger partial charge in [0, 0.05) is 18.5 Å². The highest BCUT2D eigenvalue weighted by molar-refractivity contribution is 5.99. The maximum absolute atomic E-state index is 13.2. The summed E-state index contributed by atoms with van der Waals surface area (Å²) in [7, 11) is 1.28. The van der Waals surface area contributed by atoms with E-state index in [0.717, 1.165) is 16.7 Å². The highest BCUT2D eigenvalue weighted by atomic mass is 16.5. The molecule has 148 valence electrons. The first-order valence-electron chi connectivity index (χ1n) is 9.37. The zero-order valence-corrected chi connectivity index (χ0v) is 16.2. The zero-order chi connectivity index (χ0) is 20.3. The van der Waals surface area contributed by atoms with Gasteiger partial charge in [-0.25, -0.2) is 4.79 Å². The van der Waals surface area contributed by atoms with Crippen molar-refractivity contribution in [2.75, 3.05) is 20.2 Å². The molecule has 6 nitrogen and oxygen atoms in total. The summed E-state index contributed by atoms with van der Waals surface area (Å²) in [5, 5.41) is 10.2. The first kappa shape index (κ1) is 20.0. The van der Waals surface area contributed by atoms with Gasteiger partial charge in [-0.05, 0) is 48.7 Å². The summed E-state index contributed by atoms with van der Waals surface area (Å²) in [5.74, 6) is -0.855. The molecule has 1 aliphatic rings. The molecule has 3 rings (SSSR count). The van der Waals surface area contributed by atoms with Crippen LogP contribution in [-0.2, 0) is 9.53 Å². The molecule has 1 heterocycles. The molecule has 1 saturated heterocycles. The Kier molecular flexibility index (Phi) is 5.82. The number of amides is 1. The summed E-state index contributed by atoms with van der Waals surface area (Å²) in [5.41, 5.74) is 8.19. The highest BCUT2D eigenvalue weighted by Crippen LogP contribution is 2.35. The van der Waals surface area contributed by atoms with Crippen molar-refractivity contribution in [1.82, 2.24) is 4.90 Å².